The van der Waals surface area contributed by atoms with E-state index in [4.69, 9.17) is 7.17 Å². The second kappa shape index (κ2) is 4.91. The van der Waals surface area contributed by atoms with Crippen molar-refractivity contribution in [2.75, 3.05) is 6.56 Å². The van der Waals surface area contributed by atoms with Crippen LogP contribution in [-0.2, 0) is 9.22 Å². The molecular formula is C10H22O2Si. The minimum atomic E-state index is -2.08. The van der Waals surface area contributed by atoms with E-state index in [0.29, 0.717) is 0 Å². The van der Waals surface area contributed by atoms with Gasteiger partial charge in [-0.1, -0.05) is 20.8 Å². The number of hydrogen-bond acceptors (Lipinski definition) is 2. The SMILES string of the molecule is [2H]C([2H])(CCC=O)O[Si](C)(C)C(C)(C)C. The maximum Gasteiger partial charge on any atom is 0.191 e. The lowest BCUT2D eigenvalue weighted by Crippen LogP contribution is -2.40. The van der Waals surface area contributed by atoms with Crippen molar-refractivity contribution >= 4 is 14.6 Å². The lowest BCUT2D eigenvalue weighted by atomic mass is 10.2. The monoisotopic (exact) mass is 204 g/mol. The molecule has 0 atom stereocenters. The third-order valence-corrected chi connectivity index (χ3v) is 6.76. The van der Waals surface area contributed by atoms with Crippen LogP contribution in [0.5, 0.6) is 0 Å². The third kappa shape index (κ3) is 4.57. The summed E-state index contributed by atoms with van der Waals surface area (Å²) in [5.74, 6) is 0. The lowest BCUT2D eigenvalue weighted by molar-refractivity contribution is -0.108. The lowest BCUT2D eigenvalue weighted by Gasteiger charge is -2.36. The summed E-state index contributed by atoms with van der Waals surface area (Å²) < 4.78 is 21.0. The van der Waals surface area contributed by atoms with E-state index in [2.05, 4.69) is 20.8 Å². The highest BCUT2D eigenvalue weighted by atomic mass is 28.4. The Morgan fingerprint density at radius 3 is 2.38 bits per heavy atom. The minimum absolute atomic E-state index is 0.0124. The van der Waals surface area contributed by atoms with Crippen LogP contribution in [0.2, 0.25) is 18.1 Å². The van der Waals surface area contributed by atoms with Gasteiger partial charge in [0.15, 0.2) is 8.32 Å². The Morgan fingerprint density at radius 2 is 2.00 bits per heavy atom. The van der Waals surface area contributed by atoms with Crippen molar-refractivity contribution in [3.05, 3.63) is 0 Å². The Hall–Kier alpha value is -0.153. The molecule has 0 saturated heterocycles. The highest BCUT2D eigenvalue weighted by Crippen LogP contribution is 2.36. The third-order valence-electron chi connectivity index (χ3n) is 2.50. The standard InChI is InChI=1S/C10H22O2Si/c1-10(2,3)13(4,5)12-9-7-6-8-11/h8H,6-7,9H2,1-5H3/i9D2. The normalized spacial score (nSPS) is 16.4. The van der Waals surface area contributed by atoms with E-state index in [1.807, 2.05) is 13.1 Å². The number of carbonyl (C=O) groups is 1. The van der Waals surface area contributed by atoms with Crippen molar-refractivity contribution < 1.29 is 12.0 Å². The molecule has 0 aromatic heterocycles. The van der Waals surface area contributed by atoms with Gasteiger partial charge in [-0.25, -0.2) is 0 Å². The van der Waals surface area contributed by atoms with Gasteiger partial charge in [0, 0.05) is 13.0 Å². The topological polar surface area (TPSA) is 26.3 Å². The molecule has 0 rings (SSSR count). The van der Waals surface area contributed by atoms with Gasteiger partial charge >= 0.3 is 0 Å². The fourth-order valence-corrected chi connectivity index (χ4v) is 1.27. The molecule has 0 aromatic carbocycles. The zero-order chi connectivity index (χ0) is 12.3. The fraction of sp³-hybridized carbons (Fsp3) is 0.900. The first kappa shape index (κ1) is 9.40. The van der Waals surface area contributed by atoms with Gasteiger partial charge in [-0.05, 0) is 24.6 Å². The van der Waals surface area contributed by atoms with Crippen molar-refractivity contribution in [3.63, 3.8) is 0 Å². The summed E-state index contributed by atoms with van der Waals surface area (Å²) in [6.45, 7) is 8.53. The molecular weight excluding hydrogens is 180 g/mol. The van der Waals surface area contributed by atoms with Crippen molar-refractivity contribution in [2.45, 2.75) is 51.7 Å². The Labute approximate surface area is 85.6 Å². The van der Waals surface area contributed by atoms with Crippen LogP contribution in [0.15, 0.2) is 0 Å². The highest BCUT2D eigenvalue weighted by Gasteiger charge is 2.36. The van der Waals surface area contributed by atoms with Gasteiger partial charge in [-0.15, -0.1) is 0 Å². The summed E-state index contributed by atoms with van der Waals surface area (Å²) in [5.41, 5.74) is 0. The van der Waals surface area contributed by atoms with Crippen LogP contribution < -0.4 is 0 Å². The molecule has 0 spiro atoms. The van der Waals surface area contributed by atoms with Crippen molar-refractivity contribution in [2.24, 2.45) is 0 Å². The number of aldehydes is 1. The molecule has 0 bridgehead atoms. The summed E-state index contributed by atoms with van der Waals surface area (Å²) >= 11 is 0. The first-order valence-electron chi connectivity index (χ1n) is 5.66. The van der Waals surface area contributed by atoms with E-state index in [1.165, 1.54) is 0 Å². The number of carbonyl (C=O) groups excluding carboxylic acids is 1. The van der Waals surface area contributed by atoms with Crippen molar-refractivity contribution in [1.82, 2.24) is 0 Å². The molecule has 0 amide bonds. The second-order valence-electron chi connectivity index (χ2n) is 4.71. The zero-order valence-electron chi connectivity index (χ0n) is 11.3. The van der Waals surface area contributed by atoms with E-state index in [0.717, 1.165) is 6.29 Å². The van der Waals surface area contributed by atoms with E-state index >= 15 is 0 Å². The van der Waals surface area contributed by atoms with Gasteiger partial charge in [-0.3, -0.25) is 0 Å². The Bertz CT molecular complexity index is 222. The Balaban J connectivity index is 4.49. The second-order valence-corrected chi connectivity index (χ2v) is 9.44. The molecule has 0 aromatic rings. The first-order valence-corrected chi connectivity index (χ1v) is 7.56. The Kier molecular flexibility index (Phi) is 3.55. The molecule has 0 radical (unpaired) electrons. The molecule has 0 aliphatic heterocycles. The van der Waals surface area contributed by atoms with E-state index in [-0.39, 0.29) is 17.9 Å². The highest BCUT2D eigenvalue weighted by molar-refractivity contribution is 6.74. The molecule has 78 valence electrons. The van der Waals surface area contributed by atoms with Gasteiger partial charge in [0.1, 0.15) is 6.29 Å². The molecule has 0 fully saturated rings. The van der Waals surface area contributed by atoms with Gasteiger partial charge in [-0.2, -0.15) is 0 Å². The van der Waals surface area contributed by atoms with Crippen LogP contribution >= 0.6 is 0 Å². The first-order chi connectivity index (χ1) is 6.52. The van der Waals surface area contributed by atoms with Crippen LogP contribution in [0, 0.1) is 0 Å². The summed E-state index contributed by atoms with van der Waals surface area (Å²) in [7, 11) is -2.08. The molecule has 0 aliphatic rings. The van der Waals surface area contributed by atoms with Crippen LogP contribution in [0.4, 0.5) is 0 Å². The maximum absolute atomic E-state index is 10.2. The van der Waals surface area contributed by atoms with Gasteiger partial charge in [0.05, 0.1) is 2.74 Å². The quantitative estimate of drug-likeness (QED) is 0.508. The average Bonchev–Trinajstić information content (AvgIpc) is 1.96. The van der Waals surface area contributed by atoms with Crippen LogP contribution in [-0.4, -0.2) is 21.2 Å². The van der Waals surface area contributed by atoms with Gasteiger partial charge < -0.3 is 9.22 Å². The predicted octanol–water partition coefficient (Wildman–Crippen LogP) is 2.99. The molecule has 0 N–H and O–H groups in total. The van der Waals surface area contributed by atoms with Crippen molar-refractivity contribution in [1.29, 1.82) is 0 Å². The summed E-state index contributed by atoms with van der Waals surface area (Å²) in [4.78, 5) is 10.2. The Morgan fingerprint density at radius 1 is 1.46 bits per heavy atom. The fourth-order valence-electron chi connectivity index (χ4n) is 0.502. The van der Waals surface area contributed by atoms with Crippen LogP contribution in [0.3, 0.4) is 0 Å². The smallest absolute Gasteiger partial charge is 0.191 e. The molecule has 13 heavy (non-hydrogen) atoms. The minimum Gasteiger partial charge on any atom is -0.417 e. The largest absolute Gasteiger partial charge is 0.417 e. The molecule has 0 unspecified atom stereocenters. The molecule has 0 saturated carbocycles. The molecule has 0 aliphatic carbocycles. The number of hydrogen-bond donors (Lipinski definition) is 0. The van der Waals surface area contributed by atoms with Crippen LogP contribution in [0.1, 0.15) is 36.4 Å². The maximum atomic E-state index is 10.2. The van der Waals surface area contributed by atoms with Crippen LogP contribution in [0.25, 0.3) is 0 Å². The molecule has 2 nitrogen and oxygen atoms in total. The summed E-state index contributed by atoms with van der Waals surface area (Å²) in [6, 6.07) is 0. The average molecular weight is 204 g/mol. The van der Waals surface area contributed by atoms with Gasteiger partial charge in [0.25, 0.3) is 0 Å². The molecule has 0 heterocycles. The van der Waals surface area contributed by atoms with E-state index in [9.17, 15) is 4.79 Å². The van der Waals surface area contributed by atoms with E-state index < -0.39 is 14.9 Å². The zero-order valence-corrected chi connectivity index (χ0v) is 10.3. The summed E-state index contributed by atoms with van der Waals surface area (Å²) in [5, 5.41) is -0.0124. The number of rotatable bonds is 5. The predicted molar refractivity (Wildman–Crippen MR) is 58.4 cm³/mol. The van der Waals surface area contributed by atoms with Crippen molar-refractivity contribution in [3.8, 4) is 0 Å². The van der Waals surface area contributed by atoms with Gasteiger partial charge in [0.2, 0.25) is 0 Å². The molecule has 3 heteroatoms. The summed E-state index contributed by atoms with van der Waals surface area (Å²) in [6.07, 6.45) is 1.08. The van der Waals surface area contributed by atoms with E-state index in [1.54, 1.807) is 0 Å².